The van der Waals surface area contributed by atoms with E-state index in [1.165, 1.54) is 26.4 Å². The minimum atomic E-state index is -1.64. The molecule has 1 N–H and O–H groups in total. The Hall–Kier alpha value is -2.56. The third-order valence-electron chi connectivity index (χ3n) is 3.79. The predicted molar refractivity (Wildman–Crippen MR) is 90.8 cm³/mol. The fourth-order valence-corrected chi connectivity index (χ4v) is 2.56. The number of nitrogens with zero attached hydrogens (tertiary/aromatic N) is 1. The van der Waals surface area contributed by atoms with Gasteiger partial charge in [0.25, 0.3) is 0 Å². The molecule has 0 radical (unpaired) electrons. The van der Waals surface area contributed by atoms with Crippen molar-refractivity contribution in [1.82, 2.24) is 5.06 Å². The van der Waals surface area contributed by atoms with Gasteiger partial charge in [-0.1, -0.05) is 0 Å². The Kier molecular flexibility index (Phi) is 7.65. The van der Waals surface area contributed by atoms with Gasteiger partial charge in [-0.3, -0.25) is 0 Å². The lowest BCUT2D eigenvalue weighted by molar-refractivity contribution is -0.222. The van der Waals surface area contributed by atoms with Crippen molar-refractivity contribution in [2.45, 2.75) is 12.7 Å². The Bertz CT molecular complexity index is 639. The molecule has 0 aromatic heterocycles. The number of morpholine rings is 1. The van der Waals surface area contributed by atoms with Gasteiger partial charge in [0.2, 0.25) is 5.75 Å². The third-order valence-corrected chi connectivity index (χ3v) is 3.79. The van der Waals surface area contributed by atoms with Crippen LogP contribution in [-0.2, 0) is 30.5 Å². The molecule has 1 aromatic rings. The van der Waals surface area contributed by atoms with Crippen LogP contribution in [0.5, 0.6) is 17.2 Å². The molecular formula is C17H23NO9. The lowest BCUT2D eigenvalue weighted by atomic mass is 10.2. The van der Waals surface area contributed by atoms with Crippen LogP contribution < -0.4 is 14.2 Å². The largest absolute Gasteiger partial charge is 0.493 e. The molecule has 0 spiro atoms. The van der Waals surface area contributed by atoms with Crippen molar-refractivity contribution in [2.24, 2.45) is 0 Å². The smallest absolute Gasteiger partial charge is 0.436 e. The third kappa shape index (κ3) is 5.71. The molecule has 0 bridgehead atoms. The maximum Gasteiger partial charge on any atom is 0.436 e. The minimum Gasteiger partial charge on any atom is -0.493 e. The number of ether oxygens (including phenoxy) is 5. The number of rotatable bonds is 8. The fourth-order valence-electron chi connectivity index (χ4n) is 2.56. The summed E-state index contributed by atoms with van der Waals surface area (Å²) in [7, 11) is 4.59. The molecule has 1 unspecified atom stereocenters. The molecule has 2 rings (SSSR count). The molecule has 10 nitrogen and oxygen atoms in total. The molecule has 10 heteroatoms. The van der Waals surface area contributed by atoms with Crippen molar-refractivity contribution in [1.29, 1.82) is 0 Å². The van der Waals surface area contributed by atoms with E-state index >= 15 is 0 Å². The summed E-state index contributed by atoms with van der Waals surface area (Å²) in [6.45, 7) is 1.31. The normalized spacial score (nSPS) is 17.2. The maximum absolute atomic E-state index is 11.1. The van der Waals surface area contributed by atoms with E-state index in [1.807, 2.05) is 0 Å². The fraction of sp³-hybridized carbons (Fsp3) is 0.529. The molecular weight excluding hydrogens is 362 g/mol. The zero-order chi connectivity index (χ0) is 19.8. The Morgan fingerprint density at radius 2 is 1.85 bits per heavy atom. The van der Waals surface area contributed by atoms with Gasteiger partial charge in [0.1, 0.15) is 0 Å². The quantitative estimate of drug-likeness (QED) is 0.634. The number of hydrogen-bond acceptors (Lipinski definition) is 9. The van der Waals surface area contributed by atoms with Crippen molar-refractivity contribution in [3.63, 3.8) is 0 Å². The number of carboxylic acids is 1. The minimum absolute atomic E-state index is 0.217. The van der Waals surface area contributed by atoms with Crippen molar-refractivity contribution >= 4 is 11.9 Å². The SMILES string of the molecule is COc1cc(COCC2CN(OC(=O)C(=O)O)CCO2)cc(OC)c1OC. The van der Waals surface area contributed by atoms with Gasteiger partial charge in [0, 0.05) is 0 Å². The molecule has 0 aliphatic carbocycles. The number of aliphatic carboxylic acids is 1. The first-order valence-electron chi connectivity index (χ1n) is 8.16. The van der Waals surface area contributed by atoms with Crippen LogP contribution in [0.3, 0.4) is 0 Å². The highest BCUT2D eigenvalue weighted by molar-refractivity contribution is 6.28. The number of carbonyl (C=O) groups excluding carboxylic acids is 1. The maximum atomic E-state index is 11.1. The molecule has 1 aromatic carbocycles. The highest BCUT2D eigenvalue weighted by Crippen LogP contribution is 2.38. The predicted octanol–water partition coefficient (Wildman–Crippen LogP) is 0.473. The number of hydrogen-bond donors (Lipinski definition) is 1. The van der Waals surface area contributed by atoms with Gasteiger partial charge in [-0.15, -0.1) is 5.06 Å². The van der Waals surface area contributed by atoms with Gasteiger partial charge in [-0.25, -0.2) is 9.59 Å². The van der Waals surface area contributed by atoms with Gasteiger partial charge in [-0.2, -0.15) is 0 Å². The average Bonchev–Trinajstić information content (AvgIpc) is 2.67. The monoisotopic (exact) mass is 385 g/mol. The summed E-state index contributed by atoms with van der Waals surface area (Å²) in [5.74, 6) is -1.42. The van der Waals surface area contributed by atoms with Gasteiger partial charge in [-0.05, 0) is 17.7 Å². The Morgan fingerprint density at radius 3 is 2.41 bits per heavy atom. The molecule has 150 valence electrons. The molecule has 1 saturated heterocycles. The van der Waals surface area contributed by atoms with Gasteiger partial charge < -0.3 is 33.6 Å². The average molecular weight is 385 g/mol. The Labute approximate surface area is 156 Å². The topological polar surface area (TPSA) is 113 Å². The molecule has 1 heterocycles. The Balaban J connectivity index is 1.88. The van der Waals surface area contributed by atoms with E-state index in [0.29, 0.717) is 30.4 Å². The van der Waals surface area contributed by atoms with E-state index in [-0.39, 0.29) is 25.9 Å². The van der Waals surface area contributed by atoms with E-state index in [9.17, 15) is 9.59 Å². The molecule has 1 fully saturated rings. The molecule has 1 atom stereocenters. The van der Waals surface area contributed by atoms with Crippen LogP contribution in [-0.4, -0.2) is 75.8 Å². The van der Waals surface area contributed by atoms with Crippen molar-refractivity contribution in [2.75, 3.05) is 47.6 Å². The number of methoxy groups -OCH3 is 3. The second-order valence-electron chi connectivity index (χ2n) is 5.61. The van der Waals surface area contributed by atoms with E-state index in [1.54, 1.807) is 12.1 Å². The van der Waals surface area contributed by atoms with E-state index < -0.39 is 11.9 Å². The van der Waals surface area contributed by atoms with Crippen molar-refractivity contribution < 1.29 is 43.2 Å². The molecule has 1 aliphatic rings. The highest BCUT2D eigenvalue weighted by atomic mass is 16.7. The van der Waals surface area contributed by atoms with Crippen LogP contribution in [0.4, 0.5) is 0 Å². The molecule has 0 amide bonds. The standard InChI is InChI=1S/C17H23NO9/c1-22-13-6-11(7-14(23-2)15(13)24-3)9-25-10-12-8-18(4-5-26-12)27-17(21)16(19)20/h6-7,12H,4-5,8-10H2,1-3H3,(H,19,20). The first kappa shape index (κ1) is 20.7. The lowest BCUT2D eigenvalue weighted by Gasteiger charge is -2.30. The second-order valence-corrected chi connectivity index (χ2v) is 5.61. The van der Waals surface area contributed by atoms with Gasteiger partial charge in [0.15, 0.2) is 11.5 Å². The summed E-state index contributed by atoms with van der Waals surface area (Å²) in [6.07, 6.45) is -0.359. The molecule has 27 heavy (non-hydrogen) atoms. The zero-order valence-corrected chi connectivity index (χ0v) is 15.4. The summed E-state index contributed by atoms with van der Waals surface area (Å²) >= 11 is 0. The number of hydroxylamine groups is 2. The van der Waals surface area contributed by atoms with Crippen molar-refractivity contribution in [3.8, 4) is 17.2 Å². The molecule has 0 saturated carbocycles. The summed E-state index contributed by atoms with van der Waals surface area (Å²) in [5, 5.41) is 9.84. The van der Waals surface area contributed by atoms with Crippen LogP contribution in [0.1, 0.15) is 5.56 Å². The molecule has 1 aliphatic heterocycles. The van der Waals surface area contributed by atoms with E-state index in [2.05, 4.69) is 0 Å². The van der Waals surface area contributed by atoms with Crippen LogP contribution in [0.15, 0.2) is 12.1 Å². The van der Waals surface area contributed by atoms with Crippen LogP contribution in [0.2, 0.25) is 0 Å². The number of carbonyl (C=O) groups is 2. The summed E-state index contributed by atoms with van der Waals surface area (Å²) in [4.78, 5) is 26.4. The number of benzene rings is 1. The van der Waals surface area contributed by atoms with Crippen LogP contribution >= 0.6 is 0 Å². The van der Waals surface area contributed by atoms with E-state index in [4.69, 9.17) is 33.6 Å². The second kappa shape index (κ2) is 9.95. The zero-order valence-electron chi connectivity index (χ0n) is 15.4. The lowest BCUT2D eigenvalue weighted by Crippen LogP contribution is -2.46. The summed E-state index contributed by atoms with van der Waals surface area (Å²) in [5.41, 5.74) is 0.814. The summed E-state index contributed by atoms with van der Waals surface area (Å²) < 4.78 is 27.1. The number of carboxylic acid groups (broad SMARTS) is 1. The van der Waals surface area contributed by atoms with Gasteiger partial charge in [0.05, 0.1) is 60.3 Å². The first-order valence-corrected chi connectivity index (χ1v) is 8.16. The van der Waals surface area contributed by atoms with Crippen LogP contribution in [0, 0.1) is 0 Å². The van der Waals surface area contributed by atoms with Gasteiger partial charge >= 0.3 is 11.9 Å². The van der Waals surface area contributed by atoms with Crippen molar-refractivity contribution in [3.05, 3.63) is 17.7 Å². The first-order chi connectivity index (χ1) is 13.0. The van der Waals surface area contributed by atoms with E-state index in [0.717, 1.165) is 5.56 Å². The Morgan fingerprint density at radius 1 is 1.19 bits per heavy atom. The van der Waals surface area contributed by atoms with Crippen LogP contribution in [0.25, 0.3) is 0 Å². The highest BCUT2D eigenvalue weighted by Gasteiger charge is 2.26. The summed E-state index contributed by atoms with van der Waals surface area (Å²) in [6, 6.07) is 3.56.